The van der Waals surface area contributed by atoms with E-state index >= 15 is 0 Å². The lowest BCUT2D eigenvalue weighted by molar-refractivity contribution is -0.1000. The molecule has 40 heavy (non-hydrogen) atoms. The van der Waals surface area contributed by atoms with Gasteiger partial charge in [-0.25, -0.2) is 0 Å². The molecule has 0 amide bonds. The highest BCUT2D eigenvalue weighted by molar-refractivity contribution is 5.87. The Bertz CT molecular complexity index is 1750. The van der Waals surface area contributed by atoms with Crippen molar-refractivity contribution in [3.05, 3.63) is 156 Å². The van der Waals surface area contributed by atoms with Crippen LogP contribution in [-0.4, -0.2) is 0 Å². The minimum Gasteiger partial charge on any atom is -0.289 e. The molecule has 0 heterocycles. The summed E-state index contributed by atoms with van der Waals surface area (Å²) in [6.45, 7) is 0. The molecule has 190 valence electrons. The lowest BCUT2D eigenvalue weighted by Gasteiger charge is -2.18. The molecule has 2 nitrogen and oxygen atoms in total. The van der Waals surface area contributed by atoms with Crippen molar-refractivity contribution in [2.24, 2.45) is 0 Å². The van der Waals surface area contributed by atoms with Crippen molar-refractivity contribution in [1.82, 2.24) is 0 Å². The summed E-state index contributed by atoms with van der Waals surface area (Å²) in [6, 6.07) is 46.9. The van der Waals surface area contributed by atoms with Gasteiger partial charge in [0.05, 0.1) is 0 Å². The molecule has 2 aliphatic carbocycles. The molecule has 0 saturated heterocycles. The molecule has 6 aromatic rings. The first-order chi connectivity index (χ1) is 19.8. The molecule has 0 bridgehead atoms. The van der Waals surface area contributed by atoms with E-state index in [1.165, 1.54) is 44.5 Å². The maximum Gasteiger partial charge on any atom is 0.190 e. The van der Waals surface area contributed by atoms with Gasteiger partial charge < -0.3 is 0 Å². The van der Waals surface area contributed by atoms with Gasteiger partial charge in [-0.05, 0) is 56.6 Å². The topological polar surface area (TPSA) is 18.5 Å². The first-order valence-electron chi connectivity index (χ1n) is 13.8. The zero-order valence-electron chi connectivity index (χ0n) is 21.9. The normalized spacial score (nSPS) is 12.3. The van der Waals surface area contributed by atoms with Gasteiger partial charge in [-0.3, -0.25) is 9.78 Å². The molecular weight excluding hydrogens is 488 g/mol. The first-order valence-corrected chi connectivity index (χ1v) is 13.8. The van der Waals surface area contributed by atoms with E-state index in [1.807, 2.05) is 12.1 Å². The van der Waals surface area contributed by atoms with Crippen LogP contribution in [0.5, 0.6) is 11.5 Å². The summed E-state index contributed by atoms with van der Waals surface area (Å²) in [6.07, 6.45) is 1.63. The molecule has 0 N–H and O–H groups in total. The van der Waals surface area contributed by atoms with Crippen LogP contribution in [0.15, 0.2) is 133 Å². The van der Waals surface area contributed by atoms with Gasteiger partial charge in [0.25, 0.3) is 0 Å². The Balaban J connectivity index is 1.27. The lowest BCUT2D eigenvalue weighted by atomic mass is 9.97. The van der Waals surface area contributed by atoms with E-state index in [9.17, 15) is 0 Å². The summed E-state index contributed by atoms with van der Waals surface area (Å²) in [5.41, 5.74) is 14.2. The molecule has 0 radical (unpaired) electrons. The fourth-order valence-corrected chi connectivity index (χ4v) is 6.33. The molecular formula is C38H26O2. The Morgan fingerprint density at radius 2 is 0.700 bits per heavy atom. The van der Waals surface area contributed by atoms with Crippen molar-refractivity contribution in [3.8, 4) is 56.0 Å². The number of benzene rings is 6. The molecule has 2 heteroatoms. The van der Waals surface area contributed by atoms with E-state index in [0.29, 0.717) is 0 Å². The number of hydrogen-bond donors (Lipinski definition) is 0. The van der Waals surface area contributed by atoms with Crippen LogP contribution in [0.1, 0.15) is 22.3 Å². The summed E-state index contributed by atoms with van der Waals surface area (Å²) in [5, 5.41) is 0. The highest BCUT2D eigenvalue weighted by Gasteiger charge is 2.28. The Labute approximate surface area is 234 Å². The highest BCUT2D eigenvalue weighted by Crippen LogP contribution is 2.48. The fourth-order valence-electron chi connectivity index (χ4n) is 6.33. The third-order valence-electron chi connectivity index (χ3n) is 8.25. The van der Waals surface area contributed by atoms with Crippen LogP contribution in [0.3, 0.4) is 0 Å². The molecule has 0 aromatic heterocycles. The molecule has 0 aliphatic heterocycles. The molecule has 0 saturated carbocycles. The molecule has 0 spiro atoms. The Hall–Kier alpha value is -5.08. The molecule has 8 rings (SSSR count). The van der Waals surface area contributed by atoms with Gasteiger partial charge in [0.2, 0.25) is 0 Å². The van der Waals surface area contributed by atoms with Crippen LogP contribution in [0.4, 0.5) is 0 Å². The van der Waals surface area contributed by atoms with Gasteiger partial charge in [-0.1, -0.05) is 121 Å². The van der Waals surface area contributed by atoms with Crippen LogP contribution in [0.2, 0.25) is 0 Å². The predicted molar refractivity (Wildman–Crippen MR) is 161 cm³/mol. The molecule has 0 atom stereocenters. The van der Waals surface area contributed by atoms with Gasteiger partial charge in [0, 0.05) is 35.1 Å². The molecule has 6 aromatic carbocycles. The van der Waals surface area contributed by atoms with E-state index in [1.54, 1.807) is 0 Å². The number of fused-ring (bicyclic) bond motifs is 6. The van der Waals surface area contributed by atoms with Crippen molar-refractivity contribution in [2.45, 2.75) is 12.8 Å². The second-order valence-electron chi connectivity index (χ2n) is 10.5. The van der Waals surface area contributed by atoms with Crippen molar-refractivity contribution in [3.63, 3.8) is 0 Å². The van der Waals surface area contributed by atoms with Crippen molar-refractivity contribution in [1.29, 1.82) is 0 Å². The Kier molecular flexibility index (Phi) is 5.31. The molecule has 2 aliphatic rings. The van der Waals surface area contributed by atoms with Crippen LogP contribution in [0, 0.1) is 0 Å². The minimum absolute atomic E-state index is 0.784. The standard InChI is InChI=1S/C38H26O2/c1-3-11-25(12-4-1)31-19-21-33-29-17-9-7-15-27(29)23-35(33)37(31)39-40-38-32(26-13-5-2-6-14-26)20-22-34-30-18-10-8-16-28(30)24-36(34)38/h1-22H,23-24H2. The fraction of sp³-hybridized carbons (Fsp3) is 0.0526. The third-order valence-corrected chi connectivity index (χ3v) is 8.25. The van der Waals surface area contributed by atoms with E-state index in [4.69, 9.17) is 9.78 Å². The van der Waals surface area contributed by atoms with Crippen LogP contribution in [-0.2, 0) is 12.8 Å². The quantitative estimate of drug-likeness (QED) is 0.168. The van der Waals surface area contributed by atoms with Crippen molar-refractivity contribution in [2.75, 3.05) is 0 Å². The second kappa shape index (κ2) is 9.29. The van der Waals surface area contributed by atoms with Crippen LogP contribution in [0.25, 0.3) is 44.5 Å². The zero-order chi connectivity index (χ0) is 26.5. The Morgan fingerprint density at radius 1 is 0.325 bits per heavy atom. The predicted octanol–water partition coefficient (Wildman–Crippen LogP) is 9.54. The van der Waals surface area contributed by atoms with Crippen molar-refractivity contribution < 1.29 is 9.78 Å². The highest BCUT2D eigenvalue weighted by atomic mass is 17.2. The molecule has 0 unspecified atom stereocenters. The van der Waals surface area contributed by atoms with Crippen LogP contribution >= 0.6 is 0 Å². The smallest absolute Gasteiger partial charge is 0.190 e. The van der Waals surface area contributed by atoms with Gasteiger partial charge in [0.1, 0.15) is 0 Å². The van der Waals surface area contributed by atoms with E-state index < -0.39 is 0 Å². The summed E-state index contributed by atoms with van der Waals surface area (Å²) < 4.78 is 0. The maximum absolute atomic E-state index is 6.54. The van der Waals surface area contributed by atoms with E-state index in [0.717, 1.165) is 46.6 Å². The van der Waals surface area contributed by atoms with Gasteiger partial charge in [-0.15, -0.1) is 0 Å². The summed E-state index contributed by atoms with van der Waals surface area (Å²) in [7, 11) is 0. The first kappa shape index (κ1) is 22.9. The van der Waals surface area contributed by atoms with Crippen LogP contribution < -0.4 is 9.78 Å². The largest absolute Gasteiger partial charge is 0.289 e. The monoisotopic (exact) mass is 514 g/mol. The summed E-state index contributed by atoms with van der Waals surface area (Å²) in [4.78, 5) is 13.1. The zero-order valence-corrected chi connectivity index (χ0v) is 21.9. The average molecular weight is 515 g/mol. The lowest BCUT2D eigenvalue weighted by Crippen LogP contribution is -2.07. The maximum atomic E-state index is 6.54. The number of rotatable bonds is 5. The number of hydrogen-bond acceptors (Lipinski definition) is 2. The van der Waals surface area contributed by atoms with E-state index in [-0.39, 0.29) is 0 Å². The van der Waals surface area contributed by atoms with E-state index in [2.05, 4.69) is 121 Å². The van der Waals surface area contributed by atoms with Gasteiger partial charge in [0.15, 0.2) is 11.5 Å². The summed E-state index contributed by atoms with van der Waals surface area (Å²) >= 11 is 0. The summed E-state index contributed by atoms with van der Waals surface area (Å²) in [5.74, 6) is 1.57. The van der Waals surface area contributed by atoms with Crippen molar-refractivity contribution >= 4 is 0 Å². The van der Waals surface area contributed by atoms with Gasteiger partial charge >= 0.3 is 0 Å². The minimum atomic E-state index is 0.784. The second-order valence-corrected chi connectivity index (χ2v) is 10.5. The molecule has 0 fully saturated rings. The average Bonchev–Trinajstić information content (AvgIpc) is 3.59. The third kappa shape index (κ3) is 3.65. The van der Waals surface area contributed by atoms with Gasteiger partial charge in [-0.2, -0.15) is 0 Å². The SMILES string of the molecule is c1ccc(-c2ccc3c(c2OOc2c(-c4ccccc4)ccc4c2Cc2ccccc2-4)Cc2ccccc2-3)cc1. The Morgan fingerprint density at radius 3 is 1.15 bits per heavy atom.